The van der Waals surface area contributed by atoms with Crippen LogP contribution in [0.1, 0.15) is 12.5 Å². The largest absolute Gasteiger partial charge is 0.363 e. The molecule has 0 spiro atoms. The van der Waals surface area contributed by atoms with E-state index in [1.54, 1.807) is 7.05 Å². The number of aromatic nitrogens is 4. The van der Waals surface area contributed by atoms with Gasteiger partial charge in [-0.05, 0) is 36.8 Å². The van der Waals surface area contributed by atoms with Crippen LogP contribution in [0.4, 0.5) is 5.95 Å². The van der Waals surface area contributed by atoms with E-state index < -0.39 is 0 Å². The summed E-state index contributed by atoms with van der Waals surface area (Å²) in [4.78, 5) is 34.7. The number of fused-ring (bicyclic) bond motifs is 1. The van der Waals surface area contributed by atoms with Crippen LogP contribution in [0.2, 0.25) is 0 Å². The van der Waals surface area contributed by atoms with Gasteiger partial charge in [-0.15, -0.1) is 0 Å². The molecular weight excluding hydrogens is 494 g/mol. The van der Waals surface area contributed by atoms with E-state index in [1.165, 1.54) is 11.6 Å². The second-order valence-corrected chi connectivity index (χ2v) is 9.11. The fraction of sp³-hybridized carbons (Fsp3) is 0.429. The molecule has 0 radical (unpaired) electrons. The SMILES string of the molecule is CCNC(=S)N1CCN(c2nc3c(c(=O)n(C)c(=O)n3C)n2Cc2ccc(Br)cc2)CC1. The van der Waals surface area contributed by atoms with Crippen LogP contribution < -0.4 is 21.5 Å². The minimum Gasteiger partial charge on any atom is -0.363 e. The Labute approximate surface area is 199 Å². The zero-order chi connectivity index (χ0) is 23.0. The third kappa shape index (κ3) is 4.06. The van der Waals surface area contributed by atoms with E-state index in [2.05, 4.69) is 31.0 Å². The lowest BCUT2D eigenvalue weighted by Crippen LogP contribution is -2.52. The number of halogens is 1. The first kappa shape index (κ1) is 22.5. The first-order valence-corrected chi connectivity index (χ1v) is 11.7. The van der Waals surface area contributed by atoms with E-state index in [0.29, 0.717) is 36.7 Å². The lowest BCUT2D eigenvalue weighted by molar-refractivity contribution is 0.377. The van der Waals surface area contributed by atoms with Crippen LogP contribution in [0.25, 0.3) is 11.2 Å². The lowest BCUT2D eigenvalue weighted by atomic mass is 10.2. The van der Waals surface area contributed by atoms with Gasteiger partial charge in [0.05, 0.1) is 6.54 Å². The van der Waals surface area contributed by atoms with Gasteiger partial charge in [0.1, 0.15) is 0 Å². The van der Waals surface area contributed by atoms with Gasteiger partial charge in [0.2, 0.25) is 5.95 Å². The van der Waals surface area contributed by atoms with Crippen LogP contribution in [-0.2, 0) is 20.6 Å². The number of nitrogens with one attached hydrogen (secondary N) is 1. The van der Waals surface area contributed by atoms with Gasteiger partial charge in [-0.1, -0.05) is 28.1 Å². The fourth-order valence-corrected chi connectivity index (χ4v) is 4.56. The Balaban J connectivity index is 1.78. The van der Waals surface area contributed by atoms with E-state index in [1.807, 2.05) is 35.8 Å². The predicted molar refractivity (Wildman–Crippen MR) is 134 cm³/mol. The fourth-order valence-electron chi connectivity index (χ4n) is 3.97. The topological polar surface area (TPSA) is 80.3 Å². The monoisotopic (exact) mass is 519 g/mol. The van der Waals surface area contributed by atoms with Crippen molar-refractivity contribution in [1.82, 2.24) is 28.9 Å². The molecule has 1 aromatic carbocycles. The maximum Gasteiger partial charge on any atom is 0.332 e. The summed E-state index contributed by atoms with van der Waals surface area (Å²) in [5.74, 6) is 0.690. The van der Waals surface area contributed by atoms with Crippen molar-refractivity contribution >= 4 is 50.4 Å². The first-order chi connectivity index (χ1) is 15.3. The number of piperazine rings is 1. The summed E-state index contributed by atoms with van der Waals surface area (Å²) in [6.07, 6.45) is 0. The van der Waals surface area contributed by atoms with Crippen molar-refractivity contribution in [2.75, 3.05) is 37.6 Å². The Morgan fingerprint density at radius 3 is 2.38 bits per heavy atom. The van der Waals surface area contributed by atoms with Crippen molar-refractivity contribution in [3.8, 4) is 0 Å². The van der Waals surface area contributed by atoms with E-state index in [0.717, 1.165) is 39.3 Å². The molecular formula is C21H26BrN7O2S. The van der Waals surface area contributed by atoms with E-state index in [9.17, 15) is 9.59 Å². The summed E-state index contributed by atoms with van der Waals surface area (Å²) in [7, 11) is 3.15. The second kappa shape index (κ2) is 9.07. The molecule has 0 atom stereocenters. The molecule has 32 heavy (non-hydrogen) atoms. The molecule has 11 heteroatoms. The van der Waals surface area contributed by atoms with E-state index in [4.69, 9.17) is 17.2 Å². The Hall–Kier alpha value is -2.66. The molecule has 9 nitrogen and oxygen atoms in total. The van der Waals surface area contributed by atoms with Crippen LogP contribution in [-0.4, -0.2) is 61.4 Å². The number of aryl methyl sites for hydroxylation is 1. The lowest BCUT2D eigenvalue weighted by Gasteiger charge is -2.36. The highest BCUT2D eigenvalue weighted by atomic mass is 79.9. The maximum absolute atomic E-state index is 13.1. The van der Waals surface area contributed by atoms with Gasteiger partial charge in [0.25, 0.3) is 5.56 Å². The normalized spacial score (nSPS) is 14.2. The van der Waals surface area contributed by atoms with E-state index in [-0.39, 0.29) is 11.2 Å². The summed E-state index contributed by atoms with van der Waals surface area (Å²) in [6.45, 7) is 6.22. The molecule has 170 valence electrons. The molecule has 3 heterocycles. The van der Waals surface area contributed by atoms with Crippen LogP contribution in [0.15, 0.2) is 38.3 Å². The van der Waals surface area contributed by atoms with Crippen molar-refractivity contribution in [2.45, 2.75) is 13.5 Å². The zero-order valence-corrected chi connectivity index (χ0v) is 20.7. The molecule has 1 fully saturated rings. The molecule has 1 N–H and O–H groups in total. The average molecular weight is 520 g/mol. The molecule has 0 unspecified atom stereocenters. The summed E-state index contributed by atoms with van der Waals surface area (Å²) in [5, 5.41) is 3.96. The number of imidazole rings is 1. The number of thiocarbonyl (C=S) groups is 1. The van der Waals surface area contributed by atoms with Gasteiger partial charge in [-0.3, -0.25) is 18.5 Å². The Morgan fingerprint density at radius 2 is 1.75 bits per heavy atom. The minimum atomic E-state index is -0.386. The highest BCUT2D eigenvalue weighted by Gasteiger charge is 2.26. The van der Waals surface area contributed by atoms with Crippen molar-refractivity contribution in [2.24, 2.45) is 14.1 Å². The molecule has 0 amide bonds. The van der Waals surface area contributed by atoms with Gasteiger partial charge in [-0.25, -0.2) is 4.79 Å². The molecule has 0 aliphatic carbocycles. The molecule has 1 aliphatic heterocycles. The average Bonchev–Trinajstić information content (AvgIpc) is 3.17. The molecule has 1 aliphatic rings. The highest BCUT2D eigenvalue weighted by Crippen LogP contribution is 2.23. The summed E-state index contributed by atoms with van der Waals surface area (Å²) >= 11 is 8.92. The summed E-state index contributed by atoms with van der Waals surface area (Å²) < 4.78 is 5.50. The van der Waals surface area contributed by atoms with Crippen molar-refractivity contribution < 1.29 is 0 Å². The van der Waals surface area contributed by atoms with Gasteiger partial charge in [0.15, 0.2) is 16.3 Å². The Kier molecular flexibility index (Phi) is 6.38. The number of rotatable bonds is 4. The molecule has 1 saturated heterocycles. The summed E-state index contributed by atoms with van der Waals surface area (Å²) in [6, 6.07) is 7.97. The third-order valence-electron chi connectivity index (χ3n) is 5.76. The Bertz CT molecular complexity index is 1270. The van der Waals surface area contributed by atoms with Crippen LogP contribution >= 0.6 is 28.1 Å². The van der Waals surface area contributed by atoms with E-state index >= 15 is 0 Å². The Morgan fingerprint density at radius 1 is 1.09 bits per heavy atom. The minimum absolute atomic E-state index is 0.342. The molecule has 0 bridgehead atoms. The quantitative estimate of drug-likeness (QED) is 0.519. The smallest absolute Gasteiger partial charge is 0.332 e. The maximum atomic E-state index is 13.1. The third-order valence-corrected chi connectivity index (χ3v) is 6.69. The molecule has 2 aromatic heterocycles. The van der Waals surface area contributed by atoms with Crippen LogP contribution in [0.5, 0.6) is 0 Å². The first-order valence-electron chi connectivity index (χ1n) is 10.5. The van der Waals surface area contributed by atoms with Crippen LogP contribution in [0.3, 0.4) is 0 Å². The van der Waals surface area contributed by atoms with Crippen LogP contribution in [0, 0.1) is 0 Å². The number of nitrogens with zero attached hydrogens (tertiary/aromatic N) is 6. The van der Waals surface area contributed by atoms with Gasteiger partial charge in [-0.2, -0.15) is 4.98 Å². The molecule has 4 rings (SSSR count). The predicted octanol–water partition coefficient (Wildman–Crippen LogP) is 1.26. The van der Waals surface area contributed by atoms with Crippen molar-refractivity contribution in [3.05, 3.63) is 55.1 Å². The van der Waals surface area contributed by atoms with Crippen molar-refractivity contribution in [3.63, 3.8) is 0 Å². The summed E-state index contributed by atoms with van der Waals surface area (Å²) in [5.41, 5.74) is 1.14. The number of hydrogen-bond acceptors (Lipinski definition) is 5. The molecule has 0 saturated carbocycles. The van der Waals surface area contributed by atoms with Crippen molar-refractivity contribution in [1.29, 1.82) is 0 Å². The van der Waals surface area contributed by atoms with Gasteiger partial charge >= 0.3 is 5.69 Å². The number of hydrogen-bond donors (Lipinski definition) is 1. The molecule has 3 aromatic rings. The highest BCUT2D eigenvalue weighted by molar-refractivity contribution is 9.10. The standard InChI is InChI=1S/C21H26BrN7O2S/c1-4-23-20(32)28-11-9-27(10-12-28)19-24-17-16(18(30)26(3)21(31)25(17)2)29(19)13-14-5-7-15(22)8-6-14/h5-8H,4,9-13H2,1-3H3,(H,23,32). The van der Waals surface area contributed by atoms with Gasteiger partial charge < -0.3 is 15.1 Å². The second-order valence-electron chi connectivity index (χ2n) is 7.81. The number of anilines is 1. The zero-order valence-electron chi connectivity index (χ0n) is 18.3. The number of benzene rings is 1. The van der Waals surface area contributed by atoms with Gasteiger partial charge in [0, 0.05) is 51.3 Å².